The lowest BCUT2D eigenvalue weighted by molar-refractivity contribution is -0.172. The van der Waals surface area contributed by atoms with E-state index >= 15 is 0 Å². The highest BCUT2D eigenvalue weighted by atomic mass is 19.1. The molecule has 0 saturated heterocycles. The highest BCUT2D eigenvalue weighted by Crippen LogP contribution is 2.41. The number of cyclic esters (lactones) is 1. The van der Waals surface area contributed by atoms with Crippen molar-refractivity contribution in [1.29, 1.82) is 0 Å². The van der Waals surface area contributed by atoms with E-state index < -0.39 is 11.6 Å². The summed E-state index contributed by atoms with van der Waals surface area (Å²) in [7, 11) is 0. The lowest BCUT2D eigenvalue weighted by Crippen LogP contribution is -2.45. The number of allylic oxidation sites excluding steroid dienone is 3. The molecule has 11 nitrogen and oxygen atoms in total. The quantitative estimate of drug-likeness (QED) is 0.237. The number of esters is 1. The van der Waals surface area contributed by atoms with Crippen LogP contribution in [-0.2, 0) is 49.2 Å². The van der Waals surface area contributed by atoms with E-state index in [0.717, 1.165) is 16.7 Å². The molecular formula is C30H35FN4O7. The van der Waals surface area contributed by atoms with Gasteiger partial charge in [0.05, 0.1) is 18.7 Å². The summed E-state index contributed by atoms with van der Waals surface area (Å²) in [4.78, 5) is 51.0. The monoisotopic (exact) mass is 582 g/mol. The zero-order valence-electron chi connectivity index (χ0n) is 23.9. The minimum Gasteiger partial charge on any atom is -0.458 e. The van der Waals surface area contributed by atoms with Gasteiger partial charge in [0.25, 0.3) is 5.56 Å². The molecule has 12 heteroatoms. The molecule has 3 aliphatic heterocycles. The number of aliphatic hydroxyl groups is 1. The van der Waals surface area contributed by atoms with Gasteiger partial charge in [0.1, 0.15) is 19.2 Å². The zero-order valence-corrected chi connectivity index (χ0v) is 23.9. The average Bonchev–Trinajstić information content (AvgIpc) is 3.12. The Balaban J connectivity index is 1.44. The molecule has 3 N–H and O–H groups in total. The Kier molecular flexibility index (Phi) is 8.31. The molecule has 5 rings (SSSR count). The zero-order chi connectivity index (χ0) is 30.2. The number of hydrogen-bond donors (Lipinski definition) is 3. The third-order valence-electron chi connectivity index (χ3n) is 8.27. The smallest absolute Gasteiger partial charge is 0.343 e. The highest BCUT2D eigenvalue weighted by Gasteiger charge is 2.45. The molecule has 0 radical (unpaired) electrons. The van der Waals surface area contributed by atoms with Crippen molar-refractivity contribution >= 4 is 17.8 Å². The van der Waals surface area contributed by atoms with E-state index in [9.17, 15) is 28.7 Å². The molecule has 4 aliphatic rings. The van der Waals surface area contributed by atoms with Crippen LogP contribution in [0.4, 0.5) is 4.39 Å². The van der Waals surface area contributed by atoms with Crippen LogP contribution in [0, 0.1) is 0 Å². The number of nitrogens with one attached hydrogen (secondary N) is 2. The Morgan fingerprint density at radius 1 is 1.26 bits per heavy atom. The summed E-state index contributed by atoms with van der Waals surface area (Å²) in [5, 5.41) is 16.1. The van der Waals surface area contributed by atoms with Crippen molar-refractivity contribution in [3.8, 4) is 0 Å². The van der Waals surface area contributed by atoms with E-state index in [1.807, 2.05) is 18.2 Å². The number of halogens is 1. The maximum Gasteiger partial charge on any atom is 0.343 e. The number of aromatic nitrogens is 1. The first-order valence-corrected chi connectivity index (χ1v) is 14.0. The summed E-state index contributed by atoms with van der Waals surface area (Å²) in [6, 6.07) is 1.47. The number of nitrogens with zero attached hydrogens (tertiary/aromatic N) is 2. The van der Waals surface area contributed by atoms with Crippen LogP contribution in [0.3, 0.4) is 0 Å². The van der Waals surface area contributed by atoms with Gasteiger partial charge in [-0.05, 0) is 41.7 Å². The first-order valence-electron chi connectivity index (χ1n) is 14.0. The SMILES string of the molecule is CC[C@@]1(O)C(=O)OCc2c1cc1n(c2=O)CC2=C(/C=C/COCNC(=O)CNC(C)=O)C3=CC(C)=C(F)CC3N(C2)C1. The van der Waals surface area contributed by atoms with Crippen LogP contribution < -0.4 is 16.2 Å². The molecule has 1 aromatic heterocycles. The first kappa shape index (κ1) is 29.6. The van der Waals surface area contributed by atoms with Gasteiger partial charge < -0.3 is 29.8 Å². The molecule has 0 fully saturated rings. The van der Waals surface area contributed by atoms with E-state index in [2.05, 4.69) is 15.5 Å². The third kappa shape index (κ3) is 5.49. The minimum atomic E-state index is -1.89. The number of amides is 2. The van der Waals surface area contributed by atoms with E-state index in [-0.39, 0.29) is 86.2 Å². The standard InChI is InChI=1S/C30H35FN4O7/c1-4-30(40)24-9-20-14-34-12-19(13-35(20)28(38)23(24)15-42-29(30)39)21(22-8-17(2)25(31)10-26(22)34)6-5-7-41-16-33-27(37)11-32-18(3)36/h5-6,8-9,26,40H,4,7,10-16H2,1-3H3,(H,32,36)(H,33,37)/b6-5+/t26?,30-/m0/s1. The van der Waals surface area contributed by atoms with Gasteiger partial charge in [0.2, 0.25) is 11.8 Å². The van der Waals surface area contributed by atoms with Crippen LogP contribution >= 0.6 is 0 Å². The van der Waals surface area contributed by atoms with Crippen LogP contribution in [0.2, 0.25) is 0 Å². The molecule has 4 heterocycles. The molecule has 2 unspecified atom stereocenters. The van der Waals surface area contributed by atoms with Crippen molar-refractivity contribution in [3.05, 3.63) is 79.6 Å². The second kappa shape index (κ2) is 11.8. The van der Waals surface area contributed by atoms with Gasteiger partial charge >= 0.3 is 5.97 Å². The fraction of sp³-hybridized carbons (Fsp3) is 0.467. The maximum absolute atomic E-state index is 14.9. The number of fused-ring (bicyclic) bond motifs is 6. The fourth-order valence-corrected chi connectivity index (χ4v) is 5.94. The molecular weight excluding hydrogens is 547 g/mol. The topological polar surface area (TPSA) is 139 Å². The van der Waals surface area contributed by atoms with Gasteiger partial charge in [0, 0.05) is 50.3 Å². The van der Waals surface area contributed by atoms with Crippen molar-refractivity contribution in [2.24, 2.45) is 0 Å². The summed E-state index contributed by atoms with van der Waals surface area (Å²) in [6.45, 7) is 5.67. The van der Waals surface area contributed by atoms with Crippen molar-refractivity contribution in [2.75, 3.05) is 26.4 Å². The summed E-state index contributed by atoms with van der Waals surface area (Å²) < 4.78 is 27.3. The molecule has 1 aliphatic carbocycles. The van der Waals surface area contributed by atoms with Gasteiger partial charge in [0.15, 0.2) is 5.60 Å². The predicted octanol–water partition coefficient (Wildman–Crippen LogP) is 1.35. The van der Waals surface area contributed by atoms with E-state index in [4.69, 9.17) is 9.47 Å². The maximum atomic E-state index is 14.9. The number of carbonyl (C=O) groups excluding carboxylic acids is 3. The molecule has 42 heavy (non-hydrogen) atoms. The second-order valence-electron chi connectivity index (χ2n) is 11.0. The van der Waals surface area contributed by atoms with Crippen LogP contribution in [0.5, 0.6) is 0 Å². The molecule has 224 valence electrons. The minimum absolute atomic E-state index is 0.0383. The normalized spacial score (nSPS) is 24.8. The van der Waals surface area contributed by atoms with Crippen molar-refractivity contribution in [2.45, 2.75) is 65.0 Å². The van der Waals surface area contributed by atoms with Crippen LogP contribution in [0.1, 0.15) is 50.4 Å². The summed E-state index contributed by atoms with van der Waals surface area (Å²) >= 11 is 0. The van der Waals surface area contributed by atoms with Crippen molar-refractivity contribution in [3.63, 3.8) is 0 Å². The predicted molar refractivity (Wildman–Crippen MR) is 149 cm³/mol. The Morgan fingerprint density at radius 2 is 2.05 bits per heavy atom. The van der Waals surface area contributed by atoms with E-state index in [0.29, 0.717) is 24.4 Å². The average molecular weight is 583 g/mol. The fourth-order valence-electron chi connectivity index (χ4n) is 5.94. The van der Waals surface area contributed by atoms with E-state index in [1.54, 1.807) is 24.5 Å². The molecule has 2 bridgehead atoms. The largest absolute Gasteiger partial charge is 0.458 e. The lowest BCUT2D eigenvalue weighted by Gasteiger charge is -2.39. The molecule has 0 saturated carbocycles. The first-order chi connectivity index (χ1) is 20.0. The Morgan fingerprint density at radius 3 is 2.79 bits per heavy atom. The Labute approximate surface area is 242 Å². The van der Waals surface area contributed by atoms with Gasteiger partial charge in [-0.15, -0.1) is 0 Å². The summed E-state index contributed by atoms with van der Waals surface area (Å²) in [5.41, 5.74) is 2.35. The number of hydrogen-bond acceptors (Lipinski definition) is 8. The molecule has 1 aromatic rings. The van der Waals surface area contributed by atoms with Crippen molar-refractivity contribution in [1.82, 2.24) is 20.1 Å². The molecule has 0 aromatic carbocycles. The van der Waals surface area contributed by atoms with Crippen LogP contribution in [-0.4, -0.2) is 64.8 Å². The summed E-state index contributed by atoms with van der Waals surface area (Å²) in [5.74, 6) is -1.63. The van der Waals surface area contributed by atoms with Crippen LogP contribution in [0.25, 0.3) is 0 Å². The van der Waals surface area contributed by atoms with Gasteiger partial charge in [-0.1, -0.05) is 25.2 Å². The lowest BCUT2D eigenvalue weighted by atomic mass is 9.82. The Hall–Kier alpha value is -3.87. The number of pyridine rings is 1. The van der Waals surface area contributed by atoms with Crippen LogP contribution in [0.15, 0.2) is 57.2 Å². The molecule has 3 atom stereocenters. The van der Waals surface area contributed by atoms with Gasteiger partial charge in [-0.25, -0.2) is 9.18 Å². The van der Waals surface area contributed by atoms with Gasteiger partial charge in [-0.3, -0.25) is 19.3 Å². The molecule has 2 amide bonds. The molecule has 0 spiro atoms. The number of carbonyl (C=O) groups is 3. The third-order valence-corrected chi connectivity index (χ3v) is 8.27. The number of ether oxygens (including phenoxy) is 2. The van der Waals surface area contributed by atoms with E-state index in [1.165, 1.54) is 6.92 Å². The van der Waals surface area contributed by atoms with Gasteiger partial charge in [-0.2, -0.15) is 0 Å². The summed E-state index contributed by atoms with van der Waals surface area (Å²) in [6.07, 6.45) is 5.83. The highest BCUT2D eigenvalue weighted by molar-refractivity contribution is 5.83. The number of rotatable bonds is 8. The Bertz CT molecular complexity index is 1520. The second-order valence-corrected chi connectivity index (χ2v) is 11.0. The van der Waals surface area contributed by atoms with Crippen molar-refractivity contribution < 1.29 is 33.4 Å².